The van der Waals surface area contributed by atoms with Gasteiger partial charge in [0, 0.05) is 64.8 Å². The van der Waals surface area contributed by atoms with Gasteiger partial charge in [0.15, 0.2) is 0 Å². The van der Waals surface area contributed by atoms with Crippen LogP contribution in [0.5, 0.6) is 0 Å². The zero-order chi connectivity index (χ0) is 91.9. The molecule has 9 atom stereocenters. The van der Waals surface area contributed by atoms with Gasteiger partial charge in [0.1, 0.15) is 6.10 Å². The molecule has 0 aromatic rings. The third kappa shape index (κ3) is 137. The van der Waals surface area contributed by atoms with Crippen molar-refractivity contribution in [2.75, 3.05) is 159 Å². The largest absolute Gasteiger partial charge is 0.395 e. The van der Waals surface area contributed by atoms with E-state index >= 15 is 0 Å². The van der Waals surface area contributed by atoms with E-state index in [-0.39, 0.29) is 52.7 Å². The van der Waals surface area contributed by atoms with Gasteiger partial charge >= 0.3 is 0 Å². The molecule has 0 saturated carbocycles. The van der Waals surface area contributed by atoms with Crippen molar-refractivity contribution >= 4 is 0 Å². The quantitative estimate of drug-likeness (QED) is 0.0269. The van der Waals surface area contributed by atoms with E-state index in [0.29, 0.717) is 80.6 Å². The molecule has 0 amide bonds. The highest BCUT2D eigenvalue weighted by molar-refractivity contribution is 4.71. The molecule has 0 radical (unpaired) electrons. The number of hydrogen-bond donors (Lipinski definition) is 19. The number of nitrogens with zero attached hydrogens (tertiary/aromatic N) is 3. The van der Waals surface area contributed by atoms with Crippen LogP contribution in [0.2, 0.25) is 0 Å². The summed E-state index contributed by atoms with van der Waals surface area (Å²) in [7, 11) is 4.03. The molecule has 0 aliphatic rings. The normalized spacial score (nSPS) is 13.7. The lowest BCUT2D eigenvalue weighted by atomic mass is 9.84. The maximum absolute atomic E-state index is 9.25. The number of aliphatic hydroxyl groups is 12. The van der Waals surface area contributed by atoms with Crippen molar-refractivity contribution in [1.29, 1.82) is 0 Å². The van der Waals surface area contributed by atoms with E-state index < -0.39 is 30.5 Å². The van der Waals surface area contributed by atoms with Gasteiger partial charge in [-0.3, -0.25) is 9.80 Å². The number of hydrogen-bond acceptors (Lipinski definition) is 22. The Balaban J connectivity index is -0.000000115. The van der Waals surface area contributed by atoms with Crippen molar-refractivity contribution in [2.45, 2.75) is 359 Å². The Labute approximate surface area is 717 Å². The first-order chi connectivity index (χ1) is 53.6. The Morgan fingerprint density at radius 3 is 0.983 bits per heavy atom. The third-order valence-electron chi connectivity index (χ3n) is 18.9. The standard InChI is InChI=1S/C11H27N3.C10H23NO2.C9H21NO2.2C9H21N.3C8H19N.C8H18O3.C7H16O3.C6H14O2/c1-11(2)5-8-14(9-6-12-3)10-7-13-4;1-10(2)4-3-5-11(6-8-12)7-9-13;1-9(2)3-4-10(5-7-11)6-8-12;1-8(2)7-9(3)5-4-6-10;1-8(2)5-4-6-9(3)7-10;1-7(2)5-8(3,4)6-9;1-4-8(5-6-9)7(2)3;1-4-8(9)6-5-7(2)3;1-6(2)3-7(10)4-8(11)5-9;1-5(2)3-6(9)7(10)4-8;1-5(2)3-6(8)4-7/h11-13H,5-10H2,1-4H3;10,12-13H,3-9H2,1-2H3;9,11-12H,3-8H2,1-2H3;2*8-9H,4-7,10H2,1-3H3;7H,5-6,9H2,1-4H3;2*7-8H,4-6,9H2,1-3H3;6-11H,3-5H2,1-2H3;5-10H,3-4H2,1-2H3;5-8H,3-4H2,1-2H3. The third-order valence-corrected chi connectivity index (χ3v) is 18.9. The molecule has 0 aliphatic heterocycles. The smallest absolute Gasteiger partial charge is 0.103 e. The summed E-state index contributed by atoms with van der Waals surface area (Å²) in [6, 6.07) is 0.437. The Bertz CT molecular complexity index is 1700. The average molecular weight is 1670 g/mol. The van der Waals surface area contributed by atoms with Crippen LogP contribution in [0, 0.1) is 88.3 Å². The van der Waals surface area contributed by atoms with E-state index in [0.717, 1.165) is 144 Å². The minimum atomic E-state index is -0.984. The van der Waals surface area contributed by atoms with Crippen LogP contribution in [0.15, 0.2) is 0 Å². The Kier molecular flexibility index (Phi) is 122. The zero-order valence-electron chi connectivity index (χ0n) is 82.3. The van der Waals surface area contributed by atoms with Gasteiger partial charge in [-0.2, -0.15) is 0 Å². The molecule has 0 bridgehead atoms. The lowest BCUT2D eigenvalue weighted by Gasteiger charge is -2.24. The van der Waals surface area contributed by atoms with Crippen LogP contribution in [0.3, 0.4) is 0 Å². The first kappa shape index (κ1) is 137. The van der Waals surface area contributed by atoms with Gasteiger partial charge in [0.05, 0.1) is 70.7 Å². The summed E-state index contributed by atoms with van der Waals surface area (Å²) in [6.07, 6.45) is 18.5. The van der Waals surface area contributed by atoms with Crippen LogP contribution in [0.4, 0.5) is 0 Å². The lowest BCUT2D eigenvalue weighted by molar-refractivity contribution is -0.0228. The van der Waals surface area contributed by atoms with E-state index in [4.69, 9.17) is 84.8 Å². The molecule has 0 spiro atoms. The first-order valence-corrected chi connectivity index (χ1v) is 46.3. The van der Waals surface area contributed by atoms with Crippen LogP contribution in [-0.2, 0) is 0 Å². The van der Waals surface area contributed by atoms with Gasteiger partial charge in [0.25, 0.3) is 0 Å². The highest BCUT2D eigenvalue weighted by Crippen LogP contribution is 2.23. The molecule has 22 heteroatoms. The van der Waals surface area contributed by atoms with Gasteiger partial charge in [0.2, 0.25) is 0 Å². The van der Waals surface area contributed by atoms with Crippen LogP contribution >= 0.6 is 0 Å². The highest BCUT2D eigenvalue weighted by Gasteiger charge is 2.18. The number of rotatable bonds is 57. The zero-order valence-corrected chi connectivity index (χ0v) is 82.3. The van der Waals surface area contributed by atoms with Gasteiger partial charge < -0.3 is 105 Å². The Morgan fingerprint density at radius 2 is 0.704 bits per heavy atom. The van der Waals surface area contributed by atoms with Crippen LogP contribution < -0.4 is 39.3 Å². The second kappa shape index (κ2) is 102. The summed E-state index contributed by atoms with van der Waals surface area (Å²) >= 11 is 0. The fourth-order valence-electron chi connectivity index (χ4n) is 11.7. The molecule has 0 fully saturated rings. The van der Waals surface area contributed by atoms with Crippen molar-refractivity contribution in [1.82, 2.24) is 25.3 Å². The molecular formula is C93H218N10O12. The van der Waals surface area contributed by atoms with Crippen molar-refractivity contribution in [3.05, 3.63) is 0 Å². The number of aliphatic hydroxyl groups excluding tert-OH is 12. The van der Waals surface area contributed by atoms with E-state index in [1.165, 1.54) is 90.0 Å². The van der Waals surface area contributed by atoms with Gasteiger partial charge in [-0.15, -0.1) is 0 Å². The van der Waals surface area contributed by atoms with E-state index in [9.17, 15) is 5.11 Å². The maximum atomic E-state index is 9.25. The molecule has 9 unspecified atom stereocenters. The molecule has 0 aromatic carbocycles. The minimum absolute atomic E-state index is 0.113. The van der Waals surface area contributed by atoms with Crippen molar-refractivity contribution < 1.29 is 61.3 Å². The fraction of sp³-hybridized carbons (Fsp3) is 1.00. The van der Waals surface area contributed by atoms with E-state index in [2.05, 4.69) is 178 Å². The number of nitrogens with two attached hydrogens (primary N) is 5. The molecule has 712 valence electrons. The molecule has 0 aliphatic carbocycles. The molecular weight excluding hydrogens is 1450 g/mol. The molecule has 24 N–H and O–H groups in total. The number of nitrogens with one attached hydrogen (secondary N) is 2. The predicted octanol–water partition coefficient (Wildman–Crippen LogP) is 13.1. The second-order valence-corrected chi connectivity index (χ2v) is 37.7. The van der Waals surface area contributed by atoms with Crippen molar-refractivity contribution in [2.24, 2.45) is 117 Å². The summed E-state index contributed by atoms with van der Waals surface area (Å²) in [4.78, 5) is 6.70. The average Bonchev–Trinajstić information content (AvgIpc) is 0.933. The summed E-state index contributed by atoms with van der Waals surface area (Å²) in [6.45, 7) is 74.9. The summed E-state index contributed by atoms with van der Waals surface area (Å²) in [5, 5.41) is 111. The fourth-order valence-corrected chi connectivity index (χ4v) is 11.7. The monoisotopic (exact) mass is 1670 g/mol. The molecule has 0 saturated heterocycles. The Morgan fingerprint density at radius 1 is 0.330 bits per heavy atom. The van der Waals surface area contributed by atoms with Gasteiger partial charge in [-0.1, -0.05) is 213 Å². The summed E-state index contributed by atoms with van der Waals surface area (Å²) < 4.78 is 0. The predicted molar refractivity (Wildman–Crippen MR) is 504 cm³/mol. The molecule has 0 rings (SSSR count). The number of likely N-dealkylation sites (N-methyl/N-ethyl adjacent to an activating group) is 2. The first-order valence-electron chi connectivity index (χ1n) is 46.3. The molecule has 22 nitrogen and oxygen atoms in total. The minimum Gasteiger partial charge on any atom is -0.395 e. The molecule has 115 heavy (non-hydrogen) atoms. The SMILES string of the molecule is CC(C)CC(C)(C)CN.CC(C)CC(C)CCCN.CC(C)CC(O)C(O)CO.CC(C)CC(O)CC(O)CO.CC(C)CC(O)CO.CC(C)CCCC(C)CN.CC(C)CCCN(CCO)CCO.CC(C)CCN(CCO)CCO.CCC(CCN)C(C)C.CCC(N)CCC(C)C.CNCCN(CCNC)CCC(C)C. The van der Waals surface area contributed by atoms with E-state index in [1.54, 1.807) is 0 Å². The van der Waals surface area contributed by atoms with Crippen molar-refractivity contribution in [3.8, 4) is 0 Å². The summed E-state index contributed by atoms with van der Waals surface area (Å²) in [5.74, 6) is 9.97. The highest BCUT2D eigenvalue weighted by atomic mass is 16.4. The van der Waals surface area contributed by atoms with Crippen LogP contribution in [0.25, 0.3) is 0 Å². The summed E-state index contributed by atoms with van der Waals surface area (Å²) in [5.41, 5.74) is 28.0. The topological polar surface area (TPSA) is 407 Å². The second-order valence-electron chi connectivity index (χ2n) is 37.7. The molecule has 0 heterocycles. The molecule has 0 aromatic heterocycles. The lowest BCUT2D eigenvalue weighted by Crippen LogP contribution is -2.36. The van der Waals surface area contributed by atoms with Crippen molar-refractivity contribution in [3.63, 3.8) is 0 Å². The van der Waals surface area contributed by atoms with Crippen LogP contribution in [0.1, 0.15) is 322 Å². The maximum Gasteiger partial charge on any atom is 0.103 e. The van der Waals surface area contributed by atoms with Crippen LogP contribution in [-0.4, -0.2) is 271 Å². The van der Waals surface area contributed by atoms with Gasteiger partial charge in [-0.25, -0.2) is 0 Å². The Hall–Kier alpha value is -0.880. The van der Waals surface area contributed by atoms with E-state index in [1.807, 2.05) is 55.6 Å². The van der Waals surface area contributed by atoms with Gasteiger partial charge in [-0.05, 0) is 251 Å².